The molecule has 3 N–H and O–H groups in total. The molecule has 0 saturated carbocycles. The number of aliphatic hydroxyl groups excluding tert-OH is 1. The van der Waals surface area contributed by atoms with Crippen molar-refractivity contribution in [1.29, 1.82) is 0 Å². The van der Waals surface area contributed by atoms with Crippen molar-refractivity contribution in [3.05, 3.63) is 28.8 Å². The summed E-state index contributed by atoms with van der Waals surface area (Å²) in [6, 6.07) is 3.80. The van der Waals surface area contributed by atoms with Gasteiger partial charge in [-0.05, 0) is 43.7 Å². The average Bonchev–Trinajstić information content (AvgIpc) is 3.41. The molecule has 3 saturated heterocycles. The lowest BCUT2D eigenvalue weighted by Gasteiger charge is -2.37. The number of amides is 3. The molecule has 1 spiro atoms. The minimum absolute atomic E-state index is 0.189. The Labute approximate surface area is 199 Å². The number of fused-ring (bicyclic) bond motifs is 1. The van der Waals surface area contributed by atoms with E-state index >= 15 is 0 Å². The van der Waals surface area contributed by atoms with Gasteiger partial charge in [0.2, 0.25) is 17.7 Å². The van der Waals surface area contributed by atoms with Gasteiger partial charge >= 0.3 is 0 Å². The van der Waals surface area contributed by atoms with Crippen molar-refractivity contribution >= 4 is 35.0 Å². The number of para-hydroxylation sites is 1. The van der Waals surface area contributed by atoms with E-state index < -0.39 is 41.5 Å². The van der Waals surface area contributed by atoms with Gasteiger partial charge in [-0.3, -0.25) is 14.4 Å². The van der Waals surface area contributed by atoms with Crippen LogP contribution in [0.5, 0.6) is 0 Å². The summed E-state index contributed by atoms with van der Waals surface area (Å²) in [4.78, 5) is 41.9. The van der Waals surface area contributed by atoms with Crippen molar-refractivity contribution in [3.63, 3.8) is 0 Å². The third-order valence-electron chi connectivity index (χ3n) is 7.35. The van der Waals surface area contributed by atoms with Gasteiger partial charge in [-0.15, -0.1) is 0 Å². The van der Waals surface area contributed by atoms with Crippen LogP contribution in [0, 0.1) is 24.7 Å². The zero-order valence-electron chi connectivity index (χ0n) is 19.4. The third-order valence-corrected chi connectivity index (χ3v) is 7.67. The highest BCUT2D eigenvalue weighted by atomic mass is 35.5. The number of halogens is 1. The fourth-order valence-electron chi connectivity index (χ4n) is 6.05. The maximum absolute atomic E-state index is 13.8. The zero-order chi connectivity index (χ0) is 24.1. The van der Waals surface area contributed by atoms with Crippen LogP contribution in [0.25, 0.3) is 0 Å². The Hall–Kier alpha value is -2.16. The number of carbonyl (C=O) groups is 3. The zero-order valence-corrected chi connectivity index (χ0v) is 20.2. The van der Waals surface area contributed by atoms with Crippen molar-refractivity contribution < 1.29 is 24.2 Å². The van der Waals surface area contributed by atoms with Crippen LogP contribution in [-0.4, -0.2) is 65.2 Å². The first-order valence-electron chi connectivity index (χ1n) is 11.5. The molecule has 3 aliphatic rings. The van der Waals surface area contributed by atoms with E-state index in [1.54, 1.807) is 12.1 Å². The second kappa shape index (κ2) is 8.89. The predicted molar refractivity (Wildman–Crippen MR) is 124 cm³/mol. The van der Waals surface area contributed by atoms with Crippen LogP contribution >= 0.6 is 11.6 Å². The molecule has 6 atom stereocenters. The van der Waals surface area contributed by atoms with E-state index in [4.69, 9.17) is 16.3 Å². The van der Waals surface area contributed by atoms with Crippen molar-refractivity contribution in [2.45, 2.75) is 63.8 Å². The Kier molecular flexibility index (Phi) is 6.46. The molecule has 2 unspecified atom stereocenters. The Morgan fingerprint density at radius 3 is 2.67 bits per heavy atom. The van der Waals surface area contributed by atoms with E-state index in [9.17, 15) is 19.5 Å². The van der Waals surface area contributed by atoms with Gasteiger partial charge < -0.3 is 25.4 Å². The van der Waals surface area contributed by atoms with Crippen molar-refractivity contribution in [2.75, 3.05) is 19.0 Å². The number of ether oxygens (including phenoxy) is 1. The highest BCUT2D eigenvalue weighted by Gasteiger charge is 2.75. The van der Waals surface area contributed by atoms with Crippen LogP contribution in [0.2, 0.25) is 5.02 Å². The average molecular weight is 478 g/mol. The molecule has 180 valence electrons. The number of aryl methyl sites for hydroxylation is 1. The number of hydrogen-bond donors (Lipinski definition) is 3. The molecule has 1 aromatic rings. The van der Waals surface area contributed by atoms with Gasteiger partial charge in [0.1, 0.15) is 11.6 Å². The predicted octanol–water partition coefficient (Wildman–Crippen LogP) is 2.11. The number of rotatable bonds is 7. The van der Waals surface area contributed by atoms with Crippen LogP contribution in [0.1, 0.15) is 38.7 Å². The van der Waals surface area contributed by atoms with E-state index in [1.807, 2.05) is 26.8 Å². The second-order valence-electron chi connectivity index (χ2n) is 9.80. The number of anilines is 1. The summed E-state index contributed by atoms with van der Waals surface area (Å²) in [6.07, 6.45) is 1.21. The molecule has 3 aliphatic heterocycles. The molecule has 9 heteroatoms. The highest BCUT2D eigenvalue weighted by Crippen LogP contribution is 2.59. The molecule has 33 heavy (non-hydrogen) atoms. The van der Waals surface area contributed by atoms with Gasteiger partial charge in [0.15, 0.2) is 0 Å². The smallest absolute Gasteiger partial charge is 0.250 e. The van der Waals surface area contributed by atoms with E-state index in [2.05, 4.69) is 10.6 Å². The van der Waals surface area contributed by atoms with Crippen LogP contribution in [-0.2, 0) is 19.1 Å². The first-order valence-corrected chi connectivity index (χ1v) is 11.9. The fraction of sp³-hybridized carbons (Fsp3) is 0.625. The number of nitrogens with zero attached hydrogens (tertiary/aromatic N) is 1. The number of benzene rings is 1. The second-order valence-corrected chi connectivity index (χ2v) is 10.2. The van der Waals surface area contributed by atoms with E-state index in [0.717, 1.165) is 5.56 Å². The number of likely N-dealkylation sites (tertiary alicyclic amines) is 1. The summed E-state index contributed by atoms with van der Waals surface area (Å²) >= 11 is 6.36. The number of aliphatic hydroxyl groups is 1. The number of carbonyl (C=O) groups excluding carboxylic acids is 3. The Morgan fingerprint density at radius 1 is 1.33 bits per heavy atom. The first kappa shape index (κ1) is 24.0. The van der Waals surface area contributed by atoms with Crippen molar-refractivity contribution in [3.8, 4) is 0 Å². The molecule has 3 fully saturated rings. The summed E-state index contributed by atoms with van der Waals surface area (Å²) in [5.74, 6) is -2.21. The number of nitrogens with one attached hydrogen (secondary N) is 2. The Bertz CT molecular complexity index is 949. The number of hydrogen-bond acceptors (Lipinski definition) is 5. The molecule has 0 aliphatic carbocycles. The van der Waals surface area contributed by atoms with Gasteiger partial charge in [-0.1, -0.05) is 37.6 Å². The summed E-state index contributed by atoms with van der Waals surface area (Å²) in [7, 11) is 1.54. The monoisotopic (exact) mass is 477 g/mol. The van der Waals surface area contributed by atoms with Crippen LogP contribution in [0.15, 0.2) is 18.2 Å². The Balaban J connectivity index is 1.78. The van der Waals surface area contributed by atoms with Crippen LogP contribution in [0.3, 0.4) is 0 Å². The van der Waals surface area contributed by atoms with E-state index in [-0.39, 0.29) is 24.3 Å². The van der Waals surface area contributed by atoms with E-state index in [0.29, 0.717) is 30.0 Å². The molecular formula is C24H32ClN3O5. The largest absolute Gasteiger partial charge is 0.394 e. The normalized spacial score (nSPS) is 31.1. The molecule has 2 bridgehead atoms. The molecule has 4 rings (SSSR count). The third kappa shape index (κ3) is 3.72. The van der Waals surface area contributed by atoms with Gasteiger partial charge in [0, 0.05) is 7.05 Å². The van der Waals surface area contributed by atoms with Crippen LogP contribution < -0.4 is 10.6 Å². The molecule has 8 nitrogen and oxygen atoms in total. The van der Waals surface area contributed by atoms with E-state index in [1.165, 1.54) is 11.9 Å². The molecule has 3 amide bonds. The summed E-state index contributed by atoms with van der Waals surface area (Å²) in [5, 5.41) is 16.2. The summed E-state index contributed by atoms with van der Waals surface area (Å²) in [6.45, 7) is 5.56. The molecule has 1 aromatic carbocycles. The standard InChI is InChI=1S/C24H32ClN3O5/c1-12(2)10-14(11-29)28-20(22(31)27-19-13(3)6-5-7-15(19)25)24-9-8-16(33-24)17(21(30)26-4)18(24)23(28)32/h5-7,12,14,16-18,20,29H,8-11H2,1-4H3,(H,26,30)(H,27,31)/t14-,16+,17-,18+,20?,24?/m1/s1. The van der Waals surface area contributed by atoms with Gasteiger partial charge in [0.25, 0.3) is 0 Å². The lowest BCUT2D eigenvalue weighted by Crippen LogP contribution is -2.56. The fourth-order valence-corrected chi connectivity index (χ4v) is 6.32. The summed E-state index contributed by atoms with van der Waals surface area (Å²) < 4.78 is 6.35. The quantitative estimate of drug-likeness (QED) is 0.557. The van der Waals surface area contributed by atoms with Gasteiger partial charge in [-0.25, -0.2) is 0 Å². The Morgan fingerprint density at radius 2 is 2.06 bits per heavy atom. The molecule has 0 radical (unpaired) electrons. The lowest BCUT2D eigenvalue weighted by molar-refractivity contribution is -0.144. The SMILES string of the molecule is CNC(=O)[C@@H]1[C@@H]2CCC3(O2)C(C(=O)Nc2c(C)cccc2Cl)N([C@@H](CO)CC(C)C)C(=O)[C@H]13. The van der Waals surface area contributed by atoms with Crippen molar-refractivity contribution in [1.82, 2.24) is 10.2 Å². The topological polar surface area (TPSA) is 108 Å². The maximum atomic E-state index is 13.8. The minimum Gasteiger partial charge on any atom is -0.394 e. The minimum atomic E-state index is -1.11. The molecular weight excluding hydrogens is 446 g/mol. The van der Waals surface area contributed by atoms with Gasteiger partial charge in [0.05, 0.1) is 41.3 Å². The molecule has 0 aromatic heterocycles. The lowest BCUT2D eigenvalue weighted by atomic mass is 9.70. The van der Waals surface area contributed by atoms with Gasteiger partial charge in [-0.2, -0.15) is 0 Å². The maximum Gasteiger partial charge on any atom is 0.250 e. The van der Waals surface area contributed by atoms with Crippen molar-refractivity contribution in [2.24, 2.45) is 17.8 Å². The highest BCUT2D eigenvalue weighted by molar-refractivity contribution is 6.34. The summed E-state index contributed by atoms with van der Waals surface area (Å²) in [5.41, 5.74) is 0.167. The first-order chi connectivity index (χ1) is 15.7. The van der Waals surface area contributed by atoms with Crippen LogP contribution in [0.4, 0.5) is 5.69 Å². The molecule has 3 heterocycles.